The number of rotatable bonds is 13. The molecule has 1 saturated carbocycles. The molecule has 47 heavy (non-hydrogen) atoms. The van der Waals surface area contributed by atoms with Gasteiger partial charge in [-0.2, -0.15) is 0 Å². The highest BCUT2D eigenvalue weighted by atomic mass is 16.3. The normalized spacial score (nSPS) is 20.2. The smallest absolute Gasteiger partial charge is 0.252 e. The first-order valence-corrected chi connectivity index (χ1v) is 16.4. The zero-order valence-electron chi connectivity index (χ0n) is 27.4. The molecule has 3 N–H and O–H groups in total. The molecule has 2 aliphatic rings. The maximum atomic E-state index is 14.2. The number of carbonyl (C=O) groups excluding carboxylic acids is 4. The highest BCUT2D eigenvalue weighted by Crippen LogP contribution is 2.43. The summed E-state index contributed by atoms with van der Waals surface area (Å²) in [7, 11) is 0. The summed E-state index contributed by atoms with van der Waals surface area (Å²) in [5.74, 6) is -0.573. The highest BCUT2D eigenvalue weighted by Gasteiger charge is 2.48. The number of aromatic nitrogens is 1. The second-order valence-electron chi connectivity index (χ2n) is 12.9. The van der Waals surface area contributed by atoms with Crippen LogP contribution in [0.1, 0.15) is 75.7 Å². The van der Waals surface area contributed by atoms with Gasteiger partial charge in [0.15, 0.2) is 0 Å². The summed E-state index contributed by atoms with van der Waals surface area (Å²) in [6, 6.07) is 19.4. The summed E-state index contributed by atoms with van der Waals surface area (Å²) in [6.45, 7) is 4.96. The van der Waals surface area contributed by atoms with Gasteiger partial charge in [0, 0.05) is 50.3 Å². The number of hydrogen-bond donors (Lipinski definition) is 3. The Balaban J connectivity index is 1.37. The Bertz CT molecular complexity index is 1540. The second kappa shape index (κ2) is 15.0. The van der Waals surface area contributed by atoms with E-state index in [0.29, 0.717) is 31.5 Å². The number of amides is 3. The minimum atomic E-state index is -0.893. The van der Waals surface area contributed by atoms with Gasteiger partial charge in [-0.25, -0.2) is 0 Å². The van der Waals surface area contributed by atoms with E-state index in [9.17, 15) is 24.3 Å². The van der Waals surface area contributed by atoms with Gasteiger partial charge in [0.25, 0.3) is 5.91 Å². The maximum Gasteiger partial charge on any atom is 0.252 e. The molecule has 5 rings (SSSR count). The highest BCUT2D eigenvalue weighted by molar-refractivity contribution is 6.03. The molecule has 0 radical (unpaired) electrons. The van der Waals surface area contributed by atoms with Gasteiger partial charge in [-0.15, -0.1) is 0 Å². The Morgan fingerprint density at radius 3 is 2.26 bits per heavy atom. The molecule has 1 aliphatic heterocycles. The lowest BCUT2D eigenvalue weighted by Gasteiger charge is -2.37. The average Bonchev–Trinajstić information content (AvgIpc) is 3.65. The first kappa shape index (κ1) is 33.9. The molecule has 0 spiro atoms. The molecular weight excluding hydrogens is 594 g/mol. The molecule has 0 bridgehead atoms. The number of ketones is 1. The topological polar surface area (TPSA) is 132 Å². The van der Waals surface area contributed by atoms with E-state index in [2.05, 4.69) is 15.6 Å². The van der Waals surface area contributed by atoms with Crippen LogP contribution in [0.25, 0.3) is 0 Å². The quantitative estimate of drug-likeness (QED) is 0.240. The molecule has 2 aromatic carbocycles. The lowest BCUT2D eigenvalue weighted by Crippen LogP contribution is -2.52. The number of anilines is 1. The van der Waals surface area contributed by atoms with Crippen molar-refractivity contribution in [3.05, 3.63) is 95.8 Å². The van der Waals surface area contributed by atoms with Crippen molar-refractivity contribution in [1.29, 1.82) is 0 Å². The number of nitrogens with zero attached hydrogens (tertiary/aromatic N) is 3. The number of benzene rings is 2. The molecular formula is C37H45N5O5. The van der Waals surface area contributed by atoms with Crippen molar-refractivity contribution in [2.24, 2.45) is 5.41 Å². The van der Waals surface area contributed by atoms with Gasteiger partial charge in [-0.1, -0.05) is 61.4 Å². The first-order chi connectivity index (χ1) is 22.6. The van der Waals surface area contributed by atoms with Gasteiger partial charge in [-0.05, 0) is 67.5 Å². The van der Waals surface area contributed by atoms with Crippen molar-refractivity contribution in [2.45, 2.75) is 90.2 Å². The summed E-state index contributed by atoms with van der Waals surface area (Å²) >= 11 is 0. The van der Waals surface area contributed by atoms with Crippen molar-refractivity contribution in [3.63, 3.8) is 0 Å². The van der Waals surface area contributed by atoms with E-state index < -0.39 is 29.9 Å². The van der Waals surface area contributed by atoms with Gasteiger partial charge in [-0.3, -0.25) is 34.4 Å². The van der Waals surface area contributed by atoms with E-state index in [1.54, 1.807) is 22.2 Å². The van der Waals surface area contributed by atoms with Crippen molar-refractivity contribution < 1.29 is 24.3 Å². The predicted octanol–water partition coefficient (Wildman–Crippen LogP) is 4.08. The van der Waals surface area contributed by atoms with E-state index in [-0.39, 0.29) is 23.5 Å². The van der Waals surface area contributed by atoms with E-state index in [1.165, 1.54) is 20.8 Å². The zero-order valence-corrected chi connectivity index (χ0v) is 27.4. The van der Waals surface area contributed by atoms with Crippen LogP contribution in [0, 0.1) is 5.41 Å². The third-order valence-corrected chi connectivity index (χ3v) is 9.66. The molecule has 3 amide bonds. The third-order valence-electron chi connectivity index (χ3n) is 9.66. The third kappa shape index (κ3) is 7.77. The van der Waals surface area contributed by atoms with Crippen LogP contribution in [0.5, 0.6) is 0 Å². The molecule has 1 aliphatic carbocycles. The van der Waals surface area contributed by atoms with Crippen molar-refractivity contribution in [1.82, 2.24) is 20.5 Å². The van der Waals surface area contributed by atoms with Crippen LogP contribution in [-0.4, -0.2) is 63.4 Å². The fourth-order valence-corrected chi connectivity index (χ4v) is 7.16. The lowest BCUT2D eigenvalue weighted by molar-refractivity contribution is -0.134. The fraction of sp³-hybridized carbons (Fsp3) is 0.432. The SMILES string of the molecule is CC(=O)NCCC1(C(O)NC(Cc2ccc(N3C(=O)C(Cc4cccnc4)N(C(C)=O)C3c3ccccc3)cc2)C(C)=O)CCCC1. The molecule has 1 saturated heterocycles. The van der Waals surface area contributed by atoms with E-state index in [4.69, 9.17) is 0 Å². The van der Waals surface area contributed by atoms with Crippen molar-refractivity contribution in [3.8, 4) is 0 Å². The van der Waals surface area contributed by atoms with Gasteiger partial charge in [0.1, 0.15) is 24.2 Å². The number of hydrogen-bond acceptors (Lipinski definition) is 7. The number of pyridine rings is 1. The minimum absolute atomic E-state index is 0.0858. The summed E-state index contributed by atoms with van der Waals surface area (Å²) < 4.78 is 0. The molecule has 2 fully saturated rings. The molecule has 3 aromatic rings. The van der Waals surface area contributed by atoms with Crippen LogP contribution < -0.4 is 15.5 Å². The Morgan fingerprint density at radius 2 is 1.66 bits per heavy atom. The second-order valence-corrected chi connectivity index (χ2v) is 12.9. The molecule has 248 valence electrons. The number of nitrogens with one attached hydrogen (secondary N) is 2. The molecule has 4 atom stereocenters. The van der Waals surface area contributed by atoms with Crippen molar-refractivity contribution >= 4 is 29.2 Å². The molecule has 4 unspecified atom stereocenters. The van der Waals surface area contributed by atoms with E-state index in [1.807, 2.05) is 66.7 Å². The summed E-state index contributed by atoms with van der Waals surface area (Å²) in [5, 5.41) is 17.4. The van der Waals surface area contributed by atoms with Gasteiger partial charge < -0.3 is 15.3 Å². The Morgan fingerprint density at radius 1 is 0.957 bits per heavy atom. The van der Waals surface area contributed by atoms with E-state index in [0.717, 1.165) is 42.4 Å². The van der Waals surface area contributed by atoms with Crippen LogP contribution in [0.2, 0.25) is 0 Å². The van der Waals surface area contributed by atoms with E-state index >= 15 is 0 Å². The fourth-order valence-electron chi connectivity index (χ4n) is 7.16. The standard InChI is InChI=1S/C37H45N5O5/c1-25(43)32(40-36(47)37(17-7-8-18-37)19-21-39-26(2)44)22-28-13-15-31(16-14-28)42-34(30-11-5-4-6-12-30)41(27(3)45)33(35(42)46)23-29-10-9-20-38-24-29/h4-6,9-16,20,24,32-34,36,40,47H,7-8,17-19,21-23H2,1-3H3,(H,39,44). The van der Waals surface area contributed by atoms with Gasteiger partial charge in [0.2, 0.25) is 11.8 Å². The minimum Gasteiger partial charge on any atom is -0.378 e. The van der Waals surface area contributed by atoms with Crippen molar-refractivity contribution in [2.75, 3.05) is 11.4 Å². The Hall–Kier alpha value is -4.41. The first-order valence-electron chi connectivity index (χ1n) is 16.4. The Labute approximate surface area is 276 Å². The monoisotopic (exact) mass is 639 g/mol. The summed E-state index contributed by atoms with van der Waals surface area (Å²) in [5.41, 5.74) is 2.79. The van der Waals surface area contributed by atoms with Crippen LogP contribution >= 0.6 is 0 Å². The molecule has 10 nitrogen and oxygen atoms in total. The van der Waals surface area contributed by atoms with Crippen LogP contribution in [0.3, 0.4) is 0 Å². The van der Waals surface area contributed by atoms with Crippen LogP contribution in [-0.2, 0) is 32.0 Å². The predicted molar refractivity (Wildman–Crippen MR) is 179 cm³/mol. The summed E-state index contributed by atoms with van der Waals surface area (Å²) in [6.07, 6.45) is 6.83. The largest absolute Gasteiger partial charge is 0.378 e. The Kier molecular flexibility index (Phi) is 10.8. The molecule has 1 aromatic heterocycles. The van der Waals surface area contributed by atoms with Crippen LogP contribution in [0.4, 0.5) is 5.69 Å². The molecule has 2 heterocycles. The number of carbonyl (C=O) groups is 4. The zero-order chi connectivity index (χ0) is 33.6. The van der Waals surface area contributed by atoms with Gasteiger partial charge in [0.05, 0.1) is 6.04 Å². The number of Topliss-reactive ketones (excluding diaryl/α,β-unsaturated/α-hetero) is 1. The summed E-state index contributed by atoms with van der Waals surface area (Å²) in [4.78, 5) is 59.1. The maximum absolute atomic E-state index is 14.2. The molecule has 10 heteroatoms. The lowest BCUT2D eigenvalue weighted by atomic mass is 9.80. The van der Waals surface area contributed by atoms with Gasteiger partial charge >= 0.3 is 0 Å². The number of aliphatic hydroxyl groups excluding tert-OH is 1. The van der Waals surface area contributed by atoms with Crippen LogP contribution in [0.15, 0.2) is 79.1 Å². The number of aliphatic hydroxyl groups is 1. The average molecular weight is 640 g/mol.